The van der Waals surface area contributed by atoms with Gasteiger partial charge in [0, 0.05) is 25.7 Å². The molecule has 3 amide bonds. The molecule has 1 aromatic rings. The molecule has 0 bridgehead atoms. The third kappa shape index (κ3) is 3.14. The van der Waals surface area contributed by atoms with Crippen molar-refractivity contribution in [3.63, 3.8) is 0 Å². The van der Waals surface area contributed by atoms with Crippen molar-refractivity contribution in [1.82, 2.24) is 10.6 Å². The molecule has 1 aliphatic rings. The van der Waals surface area contributed by atoms with Crippen LogP contribution in [0.15, 0.2) is 30.3 Å². The number of carbonyl (C=O) groups excluding carboxylic acids is 3. The highest BCUT2D eigenvalue weighted by Gasteiger charge is 2.34. The first-order valence-electron chi connectivity index (χ1n) is 6.45. The van der Waals surface area contributed by atoms with E-state index >= 15 is 0 Å². The second kappa shape index (κ2) is 6.18. The average molecular weight is 275 g/mol. The van der Waals surface area contributed by atoms with Crippen LogP contribution in [0.5, 0.6) is 0 Å². The summed E-state index contributed by atoms with van der Waals surface area (Å²) in [6.07, 6.45) is 0.175. The lowest BCUT2D eigenvalue weighted by molar-refractivity contribution is -0.128. The van der Waals surface area contributed by atoms with Crippen molar-refractivity contribution >= 4 is 23.4 Å². The summed E-state index contributed by atoms with van der Waals surface area (Å²) in [7, 11) is 1.50. The lowest BCUT2D eigenvalue weighted by atomic mass is 10.1. The van der Waals surface area contributed by atoms with Gasteiger partial charge in [0.15, 0.2) is 0 Å². The van der Waals surface area contributed by atoms with E-state index in [1.54, 1.807) is 4.90 Å². The Morgan fingerprint density at radius 2 is 2.00 bits per heavy atom. The predicted molar refractivity (Wildman–Crippen MR) is 74.0 cm³/mol. The van der Waals surface area contributed by atoms with Crippen LogP contribution in [0.2, 0.25) is 0 Å². The fraction of sp³-hybridized carbons (Fsp3) is 0.357. The van der Waals surface area contributed by atoms with E-state index in [1.165, 1.54) is 7.05 Å². The Morgan fingerprint density at radius 3 is 2.65 bits per heavy atom. The molecule has 0 radical (unpaired) electrons. The number of likely N-dealkylation sites (N-methyl/N-ethyl adjacent to an activating group) is 1. The van der Waals surface area contributed by atoms with Crippen LogP contribution in [0, 0.1) is 5.92 Å². The highest BCUT2D eigenvalue weighted by Crippen LogP contribution is 2.24. The number of hydrogen-bond donors (Lipinski definition) is 2. The molecule has 2 N–H and O–H groups in total. The number of amides is 3. The Balaban J connectivity index is 1.95. The first-order chi connectivity index (χ1) is 9.61. The topological polar surface area (TPSA) is 78.5 Å². The molecule has 6 nitrogen and oxygen atoms in total. The zero-order valence-electron chi connectivity index (χ0n) is 11.3. The lowest BCUT2D eigenvalue weighted by Crippen LogP contribution is -2.39. The summed E-state index contributed by atoms with van der Waals surface area (Å²) in [6.45, 7) is 0.286. The summed E-state index contributed by atoms with van der Waals surface area (Å²) < 4.78 is 0. The van der Waals surface area contributed by atoms with E-state index in [4.69, 9.17) is 0 Å². The van der Waals surface area contributed by atoms with Crippen molar-refractivity contribution in [1.29, 1.82) is 0 Å². The molecule has 1 heterocycles. The normalized spacial score (nSPS) is 17.9. The third-order valence-corrected chi connectivity index (χ3v) is 3.27. The van der Waals surface area contributed by atoms with Gasteiger partial charge in [-0.05, 0) is 12.1 Å². The van der Waals surface area contributed by atoms with Crippen LogP contribution in [0.4, 0.5) is 5.69 Å². The molecule has 1 unspecified atom stereocenters. The number of nitrogens with one attached hydrogen (secondary N) is 2. The number of hydrogen-bond acceptors (Lipinski definition) is 3. The van der Waals surface area contributed by atoms with Gasteiger partial charge in [-0.1, -0.05) is 18.2 Å². The summed E-state index contributed by atoms with van der Waals surface area (Å²) in [4.78, 5) is 36.5. The molecule has 1 aliphatic heterocycles. The van der Waals surface area contributed by atoms with Crippen LogP contribution >= 0.6 is 0 Å². The standard InChI is InChI=1S/C14H17N3O3/c1-15-12(18)8-16-14(20)10-7-13(19)17(9-10)11-5-3-2-4-6-11/h2-6,10H,7-9H2,1H3,(H,15,18)(H,16,20). The summed E-state index contributed by atoms with van der Waals surface area (Å²) in [5, 5.41) is 4.96. The van der Waals surface area contributed by atoms with E-state index in [-0.39, 0.29) is 30.7 Å². The number of para-hydroxylation sites is 1. The minimum absolute atomic E-state index is 0.0641. The molecule has 1 saturated heterocycles. The van der Waals surface area contributed by atoms with Gasteiger partial charge in [-0.25, -0.2) is 0 Å². The largest absolute Gasteiger partial charge is 0.358 e. The van der Waals surface area contributed by atoms with Crippen molar-refractivity contribution in [2.75, 3.05) is 25.0 Å². The van der Waals surface area contributed by atoms with Gasteiger partial charge in [0.05, 0.1) is 12.5 Å². The molecule has 1 fully saturated rings. The van der Waals surface area contributed by atoms with E-state index in [9.17, 15) is 14.4 Å². The molecule has 20 heavy (non-hydrogen) atoms. The number of rotatable bonds is 4. The number of benzene rings is 1. The molecule has 0 aromatic heterocycles. The maximum absolute atomic E-state index is 12.0. The summed E-state index contributed by atoms with van der Waals surface area (Å²) in [5.74, 6) is -1.01. The van der Waals surface area contributed by atoms with Gasteiger partial charge in [0.2, 0.25) is 17.7 Å². The van der Waals surface area contributed by atoms with Crippen LogP contribution in [-0.2, 0) is 14.4 Å². The predicted octanol–water partition coefficient (Wildman–Crippen LogP) is -0.0983. The van der Waals surface area contributed by atoms with Gasteiger partial charge in [-0.3, -0.25) is 14.4 Å². The molecule has 0 spiro atoms. The Hall–Kier alpha value is -2.37. The van der Waals surface area contributed by atoms with Crippen LogP contribution in [0.1, 0.15) is 6.42 Å². The van der Waals surface area contributed by atoms with Crippen LogP contribution in [0.3, 0.4) is 0 Å². The zero-order chi connectivity index (χ0) is 14.5. The second-order valence-corrected chi connectivity index (χ2v) is 4.63. The van der Waals surface area contributed by atoms with Crippen molar-refractivity contribution in [2.45, 2.75) is 6.42 Å². The highest BCUT2D eigenvalue weighted by molar-refractivity contribution is 6.00. The van der Waals surface area contributed by atoms with E-state index in [0.29, 0.717) is 6.54 Å². The maximum Gasteiger partial charge on any atom is 0.239 e. The fourth-order valence-electron chi connectivity index (χ4n) is 2.14. The number of anilines is 1. The summed E-state index contributed by atoms with van der Waals surface area (Å²) in [5.41, 5.74) is 0.791. The van der Waals surface area contributed by atoms with Gasteiger partial charge in [0.25, 0.3) is 0 Å². The fourth-order valence-corrected chi connectivity index (χ4v) is 2.14. The molecule has 0 saturated carbocycles. The van der Waals surface area contributed by atoms with E-state index < -0.39 is 5.92 Å². The first-order valence-corrected chi connectivity index (χ1v) is 6.45. The van der Waals surface area contributed by atoms with E-state index in [2.05, 4.69) is 10.6 Å². The maximum atomic E-state index is 12.0. The third-order valence-electron chi connectivity index (χ3n) is 3.27. The van der Waals surface area contributed by atoms with Crippen molar-refractivity contribution in [3.05, 3.63) is 30.3 Å². The lowest BCUT2D eigenvalue weighted by Gasteiger charge is -2.16. The average Bonchev–Trinajstić information content (AvgIpc) is 2.87. The quantitative estimate of drug-likeness (QED) is 0.805. The highest BCUT2D eigenvalue weighted by atomic mass is 16.2. The molecule has 6 heteroatoms. The summed E-state index contributed by atoms with van der Waals surface area (Å²) >= 11 is 0. The van der Waals surface area contributed by atoms with Crippen molar-refractivity contribution in [2.24, 2.45) is 5.92 Å². The molecular weight excluding hydrogens is 258 g/mol. The van der Waals surface area contributed by atoms with Gasteiger partial charge in [0.1, 0.15) is 0 Å². The van der Waals surface area contributed by atoms with E-state index in [0.717, 1.165) is 5.69 Å². The monoisotopic (exact) mass is 275 g/mol. The minimum Gasteiger partial charge on any atom is -0.358 e. The van der Waals surface area contributed by atoms with Gasteiger partial charge < -0.3 is 15.5 Å². The minimum atomic E-state index is -0.410. The van der Waals surface area contributed by atoms with Crippen LogP contribution < -0.4 is 15.5 Å². The van der Waals surface area contributed by atoms with Crippen LogP contribution in [-0.4, -0.2) is 37.9 Å². The Labute approximate surface area is 117 Å². The molecule has 106 valence electrons. The van der Waals surface area contributed by atoms with Gasteiger partial charge in [-0.15, -0.1) is 0 Å². The van der Waals surface area contributed by atoms with E-state index in [1.807, 2.05) is 30.3 Å². The van der Waals surface area contributed by atoms with Gasteiger partial charge >= 0.3 is 0 Å². The Kier molecular flexibility index (Phi) is 4.34. The Bertz CT molecular complexity index is 516. The second-order valence-electron chi connectivity index (χ2n) is 4.63. The Morgan fingerprint density at radius 1 is 1.30 bits per heavy atom. The molecule has 1 aromatic carbocycles. The van der Waals surface area contributed by atoms with Crippen LogP contribution in [0.25, 0.3) is 0 Å². The first kappa shape index (κ1) is 14.0. The molecule has 0 aliphatic carbocycles. The smallest absolute Gasteiger partial charge is 0.239 e. The molecule has 1 atom stereocenters. The van der Waals surface area contributed by atoms with Crippen molar-refractivity contribution < 1.29 is 14.4 Å². The number of carbonyl (C=O) groups is 3. The molecular formula is C14H17N3O3. The molecule has 2 rings (SSSR count). The van der Waals surface area contributed by atoms with Crippen molar-refractivity contribution in [3.8, 4) is 0 Å². The van der Waals surface area contributed by atoms with Gasteiger partial charge in [-0.2, -0.15) is 0 Å². The zero-order valence-corrected chi connectivity index (χ0v) is 11.3. The SMILES string of the molecule is CNC(=O)CNC(=O)C1CC(=O)N(c2ccccc2)C1. The number of nitrogens with zero attached hydrogens (tertiary/aromatic N) is 1. The summed E-state index contributed by atoms with van der Waals surface area (Å²) in [6, 6.07) is 9.24.